The Labute approximate surface area is 102 Å². The van der Waals surface area contributed by atoms with E-state index in [0.717, 1.165) is 12.5 Å². The normalized spacial score (nSPS) is 11.4. The Balaban J connectivity index is 2.46. The average Bonchev–Trinajstić information content (AvgIpc) is 2.78. The molecule has 8 nitrogen and oxygen atoms in total. The van der Waals surface area contributed by atoms with Crippen molar-refractivity contribution in [2.24, 2.45) is 0 Å². The first-order valence-electron chi connectivity index (χ1n) is 4.69. The van der Waals surface area contributed by atoms with Crippen LogP contribution in [0.3, 0.4) is 0 Å². The van der Waals surface area contributed by atoms with Crippen LogP contribution in [0.25, 0.3) is 5.82 Å². The summed E-state index contributed by atoms with van der Waals surface area (Å²) in [6.07, 6.45) is 4.73. The van der Waals surface area contributed by atoms with Gasteiger partial charge in [0.25, 0.3) is 0 Å². The Morgan fingerprint density at radius 1 is 1.44 bits per heavy atom. The van der Waals surface area contributed by atoms with E-state index < -0.39 is 15.8 Å². The number of carbonyl (C=O) groups is 1. The highest BCUT2D eigenvalue weighted by atomic mass is 32.2. The number of aromatic carboxylic acids is 1. The van der Waals surface area contributed by atoms with Crippen molar-refractivity contribution in [1.29, 1.82) is 0 Å². The number of carboxylic acid groups (broad SMARTS) is 1. The average molecular weight is 268 g/mol. The first-order valence-corrected chi connectivity index (χ1v) is 6.58. The second-order valence-electron chi connectivity index (χ2n) is 3.44. The van der Waals surface area contributed by atoms with Crippen molar-refractivity contribution >= 4 is 15.8 Å². The Kier molecular flexibility index (Phi) is 2.83. The number of rotatable bonds is 3. The van der Waals surface area contributed by atoms with E-state index in [9.17, 15) is 13.2 Å². The summed E-state index contributed by atoms with van der Waals surface area (Å²) in [6, 6.07) is 1.42. The first kappa shape index (κ1) is 12.2. The summed E-state index contributed by atoms with van der Waals surface area (Å²) in [6.45, 7) is 0. The molecule has 0 amide bonds. The summed E-state index contributed by atoms with van der Waals surface area (Å²) in [5, 5.41) is 12.5. The van der Waals surface area contributed by atoms with Gasteiger partial charge in [0, 0.05) is 18.5 Å². The second kappa shape index (κ2) is 4.18. The SMILES string of the molecule is CS(=O)(=O)c1cnn(-c2ccnc(C(=O)O)n2)c1. The Hall–Kier alpha value is -2.29. The van der Waals surface area contributed by atoms with Gasteiger partial charge in [-0.05, 0) is 0 Å². The summed E-state index contributed by atoms with van der Waals surface area (Å²) >= 11 is 0. The highest BCUT2D eigenvalue weighted by Crippen LogP contribution is 2.10. The molecule has 0 atom stereocenters. The highest BCUT2D eigenvalue weighted by Gasteiger charge is 2.13. The topological polar surface area (TPSA) is 115 Å². The predicted molar refractivity (Wildman–Crippen MR) is 59.2 cm³/mol. The summed E-state index contributed by atoms with van der Waals surface area (Å²) in [4.78, 5) is 18.0. The van der Waals surface area contributed by atoms with Crippen LogP contribution in [0.5, 0.6) is 0 Å². The lowest BCUT2D eigenvalue weighted by atomic mass is 10.5. The van der Waals surface area contributed by atoms with Gasteiger partial charge < -0.3 is 5.11 Å². The van der Waals surface area contributed by atoms with E-state index in [0.29, 0.717) is 0 Å². The summed E-state index contributed by atoms with van der Waals surface area (Å²) in [7, 11) is -3.36. The molecule has 0 bridgehead atoms. The maximum atomic E-state index is 11.3. The van der Waals surface area contributed by atoms with Crippen molar-refractivity contribution in [3.8, 4) is 5.82 Å². The molecule has 0 unspecified atom stereocenters. The molecule has 94 valence electrons. The molecule has 0 spiro atoms. The molecule has 2 aromatic heterocycles. The zero-order valence-electron chi connectivity index (χ0n) is 9.18. The van der Waals surface area contributed by atoms with Gasteiger partial charge in [-0.2, -0.15) is 5.10 Å². The zero-order valence-corrected chi connectivity index (χ0v) is 9.99. The van der Waals surface area contributed by atoms with Gasteiger partial charge in [0.05, 0.1) is 12.4 Å². The third-order valence-corrected chi connectivity index (χ3v) is 3.12. The van der Waals surface area contributed by atoms with Gasteiger partial charge in [-0.1, -0.05) is 0 Å². The summed E-state index contributed by atoms with van der Waals surface area (Å²) in [5.41, 5.74) is 0. The Bertz CT molecular complexity index is 707. The number of carboxylic acids is 1. The number of aromatic nitrogens is 4. The van der Waals surface area contributed by atoms with Gasteiger partial charge in [-0.15, -0.1) is 0 Å². The molecule has 2 aromatic rings. The van der Waals surface area contributed by atoms with Gasteiger partial charge in [-0.3, -0.25) is 0 Å². The summed E-state index contributed by atoms with van der Waals surface area (Å²) < 4.78 is 23.7. The quantitative estimate of drug-likeness (QED) is 0.816. The largest absolute Gasteiger partial charge is 0.475 e. The fraction of sp³-hybridized carbons (Fsp3) is 0.111. The maximum Gasteiger partial charge on any atom is 0.374 e. The van der Waals surface area contributed by atoms with Crippen LogP contribution in [0.1, 0.15) is 10.6 Å². The van der Waals surface area contributed by atoms with Gasteiger partial charge >= 0.3 is 5.97 Å². The van der Waals surface area contributed by atoms with Crippen molar-refractivity contribution in [2.75, 3.05) is 6.26 Å². The minimum Gasteiger partial charge on any atom is -0.475 e. The van der Waals surface area contributed by atoms with Crippen molar-refractivity contribution in [3.63, 3.8) is 0 Å². The molecule has 18 heavy (non-hydrogen) atoms. The second-order valence-corrected chi connectivity index (χ2v) is 5.45. The monoisotopic (exact) mass is 268 g/mol. The van der Waals surface area contributed by atoms with Crippen LogP contribution in [0.15, 0.2) is 29.6 Å². The standard InChI is InChI=1S/C9H8N4O4S/c1-18(16,17)6-4-11-13(5-6)7-2-3-10-8(12-7)9(14)15/h2-5H,1H3,(H,14,15). The molecule has 2 rings (SSSR count). The van der Waals surface area contributed by atoms with Crippen LogP contribution in [0, 0.1) is 0 Å². The van der Waals surface area contributed by atoms with Gasteiger partial charge in [0.15, 0.2) is 15.7 Å². The van der Waals surface area contributed by atoms with E-state index >= 15 is 0 Å². The first-order chi connectivity index (χ1) is 8.38. The van der Waals surface area contributed by atoms with Crippen molar-refractivity contribution in [2.45, 2.75) is 4.90 Å². The Morgan fingerprint density at radius 2 is 2.17 bits per heavy atom. The molecule has 2 heterocycles. The van der Waals surface area contributed by atoms with Crippen LogP contribution in [-0.4, -0.2) is 45.5 Å². The third kappa shape index (κ3) is 2.35. The van der Waals surface area contributed by atoms with E-state index in [1.54, 1.807) is 0 Å². The lowest BCUT2D eigenvalue weighted by molar-refractivity contribution is 0.0683. The fourth-order valence-electron chi connectivity index (χ4n) is 1.20. The maximum absolute atomic E-state index is 11.3. The van der Waals surface area contributed by atoms with E-state index in [2.05, 4.69) is 15.1 Å². The van der Waals surface area contributed by atoms with Crippen molar-refractivity contribution in [1.82, 2.24) is 19.7 Å². The van der Waals surface area contributed by atoms with E-state index in [-0.39, 0.29) is 16.5 Å². The van der Waals surface area contributed by atoms with Crippen LogP contribution in [0.2, 0.25) is 0 Å². The number of hydrogen-bond acceptors (Lipinski definition) is 6. The van der Waals surface area contributed by atoms with Gasteiger partial charge in [0.2, 0.25) is 5.82 Å². The number of sulfone groups is 1. The molecule has 1 N–H and O–H groups in total. The minimum atomic E-state index is -3.36. The minimum absolute atomic E-state index is 0.0259. The molecule has 0 aliphatic rings. The number of hydrogen-bond donors (Lipinski definition) is 1. The van der Waals surface area contributed by atoms with Crippen LogP contribution < -0.4 is 0 Å². The van der Waals surface area contributed by atoms with E-state index in [4.69, 9.17) is 5.11 Å². The smallest absolute Gasteiger partial charge is 0.374 e. The molecule has 0 aliphatic carbocycles. The Morgan fingerprint density at radius 3 is 2.72 bits per heavy atom. The van der Waals surface area contributed by atoms with Crippen LogP contribution in [-0.2, 0) is 9.84 Å². The van der Waals surface area contributed by atoms with Gasteiger partial charge in [-0.25, -0.2) is 27.9 Å². The van der Waals surface area contributed by atoms with E-state index in [1.165, 1.54) is 23.1 Å². The lowest BCUT2D eigenvalue weighted by Crippen LogP contribution is -2.07. The van der Waals surface area contributed by atoms with E-state index in [1.807, 2.05) is 0 Å². The fourth-order valence-corrected chi connectivity index (χ4v) is 1.73. The molecule has 0 saturated heterocycles. The molecular formula is C9H8N4O4S. The lowest BCUT2D eigenvalue weighted by Gasteiger charge is -2.00. The van der Waals surface area contributed by atoms with Crippen LogP contribution >= 0.6 is 0 Å². The van der Waals surface area contributed by atoms with Crippen molar-refractivity contribution < 1.29 is 18.3 Å². The molecular weight excluding hydrogens is 260 g/mol. The molecule has 9 heteroatoms. The molecule has 0 aliphatic heterocycles. The predicted octanol–water partition coefficient (Wildman–Crippen LogP) is -0.236. The summed E-state index contributed by atoms with van der Waals surface area (Å²) in [5.74, 6) is -1.48. The van der Waals surface area contributed by atoms with Crippen molar-refractivity contribution in [3.05, 3.63) is 30.5 Å². The highest BCUT2D eigenvalue weighted by molar-refractivity contribution is 7.90. The number of nitrogens with zero attached hydrogens (tertiary/aromatic N) is 4. The molecule has 0 aromatic carbocycles. The third-order valence-electron chi connectivity index (χ3n) is 2.05. The van der Waals surface area contributed by atoms with Crippen LogP contribution in [0.4, 0.5) is 0 Å². The molecule has 0 saturated carbocycles. The molecule has 0 radical (unpaired) electrons. The zero-order chi connectivity index (χ0) is 13.3. The van der Waals surface area contributed by atoms with Gasteiger partial charge in [0.1, 0.15) is 4.90 Å². The molecule has 0 fully saturated rings.